The largest absolute Gasteiger partial charge is 0.399 e. The zero-order valence-corrected chi connectivity index (χ0v) is 12.4. The average molecular weight is 335 g/mol. The van der Waals surface area contributed by atoms with Crippen LogP contribution in [-0.2, 0) is 6.54 Å². The Morgan fingerprint density at radius 1 is 1.45 bits per heavy atom. The molecule has 104 valence electrons. The molecule has 0 bridgehead atoms. The van der Waals surface area contributed by atoms with Crippen LogP contribution in [0.5, 0.6) is 0 Å². The van der Waals surface area contributed by atoms with Gasteiger partial charge in [0.2, 0.25) is 0 Å². The van der Waals surface area contributed by atoms with Crippen LogP contribution in [0.15, 0.2) is 39.9 Å². The Bertz CT molecular complexity index is 681. The quantitative estimate of drug-likeness (QED) is 0.841. The van der Waals surface area contributed by atoms with Gasteiger partial charge in [0, 0.05) is 18.3 Å². The molecule has 1 aliphatic carbocycles. The summed E-state index contributed by atoms with van der Waals surface area (Å²) in [5.74, 6) is 0.693. The van der Waals surface area contributed by atoms with E-state index in [-0.39, 0.29) is 5.56 Å². The average Bonchev–Trinajstić information content (AvgIpc) is 3.24. The smallest absolute Gasteiger partial charge is 0.267 e. The molecule has 1 aromatic carbocycles. The van der Waals surface area contributed by atoms with E-state index in [0.717, 1.165) is 24.1 Å². The van der Waals surface area contributed by atoms with Crippen molar-refractivity contribution in [3.05, 3.63) is 51.0 Å². The lowest BCUT2D eigenvalue weighted by atomic mass is 10.2. The Morgan fingerprint density at radius 2 is 2.25 bits per heavy atom. The van der Waals surface area contributed by atoms with Crippen molar-refractivity contribution in [3.63, 3.8) is 0 Å². The first kappa shape index (κ1) is 13.2. The van der Waals surface area contributed by atoms with E-state index in [1.54, 1.807) is 0 Å². The molecule has 6 heteroatoms. The van der Waals surface area contributed by atoms with E-state index in [0.29, 0.717) is 22.9 Å². The summed E-state index contributed by atoms with van der Waals surface area (Å²) in [6, 6.07) is 8.24. The van der Waals surface area contributed by atoms with E-state index in [9.17, 15) is 4.79 Å². The van der Waals surface area contributed by atoms with Crippen molar-refractivity contribution in [1.29, 1.82) is 0 Å². The van der Waals surface area contributed by atoms with Gasteiger partial charge in [0.05, 0.1) is 6.33 Å². The molecule has 20 heavy (non-hydrogen) atoms. The summed E-state index contributed by atoms with van der Waals surface area (Å²) < 4.78 is 0.482. The predicted octanol–water partition coefficient (Wildman–Crippen LogP) is 2.28. The second kappa shape index (κ2) is 5.28. The maximum Gasteiger partial charge on any atom is 0.267 e. The summed E-state index contributed by atoms with van der Waals surface area (Å²) in [4.78, 5) is 20.7. The Kier molecular flexibility index (Phi) is 3.48. The van der Waals surface area contributed by atoms with Gasteiger partial charge in [0.25, 0.3) is 5.56 Å². The number of nitrogen functional groups attached to an aromatic ring is 1. The highest BCUT2D eigenvalue weighted by molar-refractivity contribution is 9.10. The number of hydrogen-bond acceptors (Lipinski definition) is 4. The van der Waals surface area contributed by atoms with Crippen LogP contribution in [-0.4, -0.2) is 16.0 Å². The number of nitrogens with zero attached hydrogens (tertiary/aromatic N) is 2. The number of hydrogen-bond donors (Lipinski definition) is 2. The summed E-state index contributed by atoms with van der Waals surface area (Å²) in [6.07, 6.45) is 3.70. The van der Waals surface area contributed by atoms with E-state index in [1.807, 2.05) is 24.3 Å². The maximum atomic E-state index is 11.7. The van der Waals surface area contributed by atoms with Crippen molar-refractivity contribution in [1.82, 2.24) is 9.97 Å². The fourth-order valence-electron chi connectivity index (χ4n) is 2.23. The molecule has 1 aliphatic rings. The first-order valence-corrected chi connectivity index (χ1v) is 7.28. The molecule has 1 aromatic heterocycles. The summed E-state index contributed by atoms with van der Waals surface area (Å²) in [6.45, 7) is 0.699. The van der Waals surface area contributed by atoms with Gasteiger partial charge in [0.15, 0.2) is 5.82 Å². The normalized spacial score (nSPS) is 14.2. The summed E-state index contributed by atoms with van der Waals surface area (Å²) in [7, 11) is 0. The van der Waals surface area contributed by atoms with E-state index in [4.69, 9.17) is 5.73 Å². The van der Waals surface area contributed by atoms with Crippen LogP contribution in [0.2, 0.25) is 0 Å². The molecule has 0 amide bonds. The molecule has 0 atom stereocenters. The van der Waals surface area contributed by atoms with Crippen molar-refractivity contribution in [2.24, 2.45) is 0 Å². The van der Waals surface area contributed by atoms with Gasteiger partial charge in [-0.1, -0.05) is 12.1 Å². The van der Waals surface area contributed by atoms with Gasteiger partial charge in [-0.25, -0.2) is 4.98 Å². The van der Waals surface area contributed by atoms with Crippen molar-refractivity contribution in [2.45, 2.75) is 25.4 Å². The van der Waals surface area contributed by atoms with Gasteiger partial charge in [-0.05, 0) is 46.5 Å². The van der Waals surface area contributed by atoms with Crippen LogP contribution < -0.4 is 16.2 Å². The van der Waals surface area contributed by atoms with Gasteiger partial charge in [-0.3, -0.25) is 4.79 Å². The molecule has 1 saturated carbocycles. The monoisotopic (exact) mass is 334 g/mol. The van der Waals surface area contributed by atoms with Crippen molar-refractivity contribution < 1.29 is 0 Å². The minimum atomic E-state index is -0.159. The second-order valence-electron chi connectivity index (χ2n) is 4.97. The molecule has 5 nitrogen and oxygen atoms in total. The lowest BCUT2D eigenvalue weighted by molar-refractivity contribution is 0.770. The molecule has 3 rings (SSSR count). The molecular weight excluding hydrogens is 320 g/mol. The molecule has 0 unspecified atom stereocenters. The molecule has 2 aromatic rings. The molecule has 1 fully saturated rings. The Morgan fingerprint density at radius 3 is 2.95 bits per heavy atom. The second-order valence-corrected chi connectivity index (χ2v) is 5.77. The first-order chi connectivity index (χ1) is 9.65. The lowest BCUT2D eigenvalue weighted by Gasteiger charge is -2.24. The molecule has 1 heterocycles. The molecule has 0 radical (unpaired) electrons. The highest BCUT2D eigenvalue weighted by atomic mass is 79.9. The maximum absolute atomic E-state index is 11.7. The number of nitrogens with two attached hydrogens (primary N) is 1. The predicted molar refractivity (Wildman–Crippen MR) is 82.6 cm³/mol. The number of nitrogens with one attached hydrogen (secondary N) is 1. The van der Waals surface area contributed by atoms with Crippen LogP contribution in [0.1, 0.15) is 18.4 Å². The number of benzene rings is 1. The number of halogens is 1. The van der Waals surface area contributed by atoms with Gasteiger partial charge < -0.3 is 15.6 Å². The third-order valence-electron chi connectivity index (χ3n) is 3.34. The Hall–Kier alpha value is -1.82. The zero-order valence-electron chi connectivity index (χ0n) is 10.8. The first-order valence-electron chi connectivity index (χ1n) is 6.49. The fourth-order valence-corrected chi connectivity index (χ4v) is 2.67. The number of aromatic amines is 1. The number of rotatable bonds is 4. The summed E-state index contributed by atoms with van der Waals surface area (Å²) in [5.41, 5.74) is 7.52. The third kappa shape index (κ3) is 2.70. The number of H-pyrrole nitrogens is 1. The van der Waals surface area contributed by atoms with E-state index >= 15 is 0 Å². The molecular formula is C14H15BrN4O. The van der Waals surface area contributed by atoms with Crippen molar-refractivity contribution in [3.8, 4) is 0 Å². The highest BCUT2D eigenvalue weighted by Gasteiger charge is 2.31. The van der Waals surface area contributed by atoms with E-state index in [1.165, 1.54) is 6.33 Å². The minimum absolute atomic E-state index is 0.159. The number of aromatic nitrogens is 2. The van der Waals surface area contributed by atoms with Gasteiger partial charge in [-0.15, -0.1) is 0 Å². The molecule has 0 spiro atoms. The summed E-state index contributed by atoms with van der Waals surface area (Å²) >= 11 is 3.33. The zero-order chi connectivity index (χ0) is 14.1. The van der Waals surface area contributed by atoms with E-state index in [2.05, 4.69) is 30.8 Å². The summed E-state index contributed by atoms with van der Waals surface area (Å²) in [5, 5.41) is 0. The molecule has 0 aliphatic heterocycles. The topological polar surface area (TPSA) is 75.0 Å². The van der Waals surface area contributed by atoms with Gasteiger partial charge >= 0.3 is 0 Å². The van der Waals surface area contributed by atoms with Gasteiger partial charge in [-0.2, -0.15) is 0 Å². The Balaban J connectivity index is 1.94. The minimum Gasteiger partial charge on any atom is -0.399 e. The van der Waals surface area contributed by atoms with Crippen molar-refractivity contribution >= 4 is 27.4 Å². The molecule has 0 saturated heterocycles. The van der Waals surface area contributed by atoms with Crippen LogP contribution in [0.25, 0.3) is 0 Å². The third-order valence-corrected chi connectivity index (χ3v) is 4.06. The van der Waals surface area contributed by atoms with Crippen LogP contribution in [0, 0.1) is 0 Å². The lowest BCUT2D eigenvalue weighted by Crippen LogP contribution is -2.28. The Labute approximate surface area is 125 Å². The molecule has 3 N–H and O–H groups in total. The van der Waals surface area contributed by atoms with Crippen molar-refractivity contribution in [2.75, 3.05) is 10.6 Å². The SMILES string of the molecule is Nc1cccc(CN(c2nc[nH]c(=O)c2Br)C2CC2)c1. The number of anilines is 2. The highest BCUT2D eigenvalue weighted by Crippen LogP contribution is 2.34. The standard InChI is InChI=1S/C14H15BrN4O/c15-12-13(17-8-18-14(12)20)19(11-4-5-11)7-9-2-1-3-10(16)6-9/h1-3,6,8,11H,4-5,7,16H2,(H,17,18,20). The van der Waals surface area contributed by atoms with Crippen LogP contribution in [0.4, 0.5) is 11.5 Å². The van der Waals surface area contributed by atoms with E-state index < -0.39 is 0 Å². The van der Waals surface area contributed by atoms with Crippen LogP contribution >= 0.6 is 15.9 Å². The fraction of sp³-hybridized carbons (Fsp3) is 0.286. The van der Waals surface area contributed by atoms with Crippen LogP contribution in [0.3, 0.4) is 0 Å². The van der Waals surface area contributed by atoms with Gasteiger partial charge in [0.1, 0.15) is 4.47 Å².